The smallest absolute Gasteiger partial charge is 0.227 e. The molecule has 0 aliphatic carbocycles. The van der Waals surface area contributed by atoms with E-state index in [4.69, 9.17) is 5.73 Å². The van der Waals surface area contributed by atoms with Crippen LogP contribution in [0.1, 0.15) is 25.6 Å². The Hall–Kier alpha value is -2.21. The second-order valence-electron chi connectivity index (χ2n) is 5.11. The molecule has 1 aromatic carbocycles. The van der Waals surface area contributed by atoms with Gasteiger partial charge in [0.15, 0.2) is 5.82 Å². The van der Waals surface area contributed by atoms with Gasteiger partial charge in [-0.05, 0) is 38.4 Å². The summed E-state index contributed by atoms with van der Waals surface area (Å²) in [6, 6.07) is 7.52. The minimum absolute atomic E-state index is 0.0110. The number of para-hydroxylation sites is 1. The molecule has 0 bridgehead atoms. The summed E-state index contributed by atoms with van der Waals surface area (Å²) in [5.74, 6) is 1.24. The van der Waals surface area contributed by atoms with Gasteiger partial charge in [0.25, 0.3) is 0 Å². The standard InChI is InChI=1S/C15H21N5O/c1-10(6-5-9-16)15(21)18-13-8-4-3-7-12(13)14-17-11(2)19-20-14/h3-4,7-8,10H,5-6,9,16H2,1-2H3,(H,18,21)(H,17,19,20). The second kappa shape index (κ2) is 6.99. The molecule has 1 heterocycles. The highest BCUT2D eigenvalue weighted by Gasteiger charge is 2.15. The fourth-order valence-electron chi connectivity index (χ4n) is 2.06. The number of nitrogens with zero attached hydrogens (tertiary/aromatic N) is 2. The van der Waals surface area contributed by atoms with Gasteiger partial charge in [0.1, 0.15) is 5.82 Å². The number of nitrogens with one attached hydrogen (secondary N) is 2. The number of anilines is 1. The summed E-state index contributed by atoms with van der Waals surface area (Å²) in [7, 11) is 0. The van der Waals surface area contributed by atoms with Crippen LogP contribution < -0.4 is 11.1 Å². The monoisotopic (exact) mass is 287 g/mol. The number of rotatable bonds is 6. The predicted molar refractivity (Wildman–Crippen MR) is 82.6 cm³/mol. The highest BCUT2D eigenvalue weighted by Crippen LogP contribution is 2.25. The van der Waals surface area contributed by atoms with E-state index in [1.807, 2.05) is 38.1 Å². The van der Waals surface area contributed by atoms with Gasteiger partial charge >= 0.3 is 0 Å². The van der Waals surface area contributed by atoms with Gasteiger partial charge in [-0.2, -0.15) is 5.10 Å². The molecular weight excluding hydrogens is 266 g/mol. The Labute approximate surface area is 124 Å². The van der Waals surface area contributed by atoms with Crippen LogP contribution >= 0.6 is 0 Å². The zero-order chi connectivity index (χ0) is 15.2. The molecule has 112 valence electrons. The number of aromatic nitrogens is 3. The summed E-state index contributed by atoms with van der Waals surface area (Å²) in [5.41, 5.74) is 7.01. The van der Waals surface area contributed by atoms with Crippen molar-refractivity contribution in [2.45, 2.75) is 26.7 Å². The van der Waals surface area contributed by atoms with Crippen LogP contribution in [0.3, 0.4) is 0 Å². The Balaban J connectivity index is 2.15. The van der Waals surface area contributed by atoms with Crippen LogP contribution in [0.5, 0.6) is 0 Å². The number of amides is 1. The second-order valence-corrected chi connectivity index (χ2v) is 5.11. The van der Waals surface area contributed by atoms with E-state index in [1.54, 1.807) is 0 Å². The summed E-state index contributed by atoms with van der Waals surface area (Å²) in [6.45, 7) is 4.35. The minimum atomic E-state index is -0.0736. The van der Waals surface area contributed by atoms with Gasteiger partial charge in [-0.1, -0.05) is 19.1 Å². The van der Waals surface area contributed by atoms with Gasteiger partial charge in [-0.3, -0.25) is 9.89 Å². The Kier molecular flexibility index (Phi) is 5.05. The van der Waals surface area contributed by atoms with Crippen molar-refractivity contribution in [2.24, 2.45) is 11.7 Å². The maximum Gasteiger partial charge on any atom is 0.227 e. The lowest BCUT2D eigenvalue weighted by atomic mass is 10.0. The van der Waals surface area contributed by atoms with Crippen molar-refractivity contribution < 1.29 is 4.79 Å². The van der Waals surface area contributed by atoms with Gasteiger partial charge in [0.05, 0.1) is 5.69 Å². The van der Waals surface area contributed by atoms with E-state index < -0.39 is 0 Å². The molecule has 4 N–H and O–H groups in total. The number of H-pyrrole nitrogens is 1. The van der Waals surface area contributed by atoms with E-state index in [2.05, 4.69) is 20.5 Å². The number of aromatic amines is 1. The minimum Gasteiger partial charge on any atom is -0.330 e. The van der Waals surface area contributed by atoms with Crippen LogP contribution in [0.15, 0.2) is 24.3 Å². The SMILES string of the molecule is Cc1nc(-c2ccccc2NC(=O)C(C)CCCN)n[nH]1. The van der Waals surface area contributed by atoms with Crippen LogP contribution in [-0.4, -0.2) is 27.6 Å². The quantitative estimate of drug-likeness (QED) is 0.758. The summed E-state index contributed by atoms with van der Waals surface area (Å²) in [5, 5.41) is 9.91. The first-order valence-electron chi connectivity index (χ1n) is 7.11. The molecule has 0 spiro atoms. The Bertz CT molecular complexity index is 608. The van der Waals surface area contributed by atoms with Crippen molar-refractivity contribution in [3.05, 3.63) is 30.1 Å². The van der Waals surface area contributed by atoms with Crippen molar-refractivity contribution in [3.8, 4) is 11.4 Å². The lowest BCUT2D eigenvalue weighted by Gasteiger charge is -2.13. The molecule has 2 rings (SSSR count). The normalized spacial score (nSPS) is 12.1. The van der Waals surface area contributed by atoms with Gasteiger partial charge in [-0.15, -0.1) is 0 Å². The van der Waals surface area contributed by atoms with Crippen molar-refractivity contribution in [1.29, 1.82) is 0 Å². The fraction of sp³-hybridized carbons (Fsp3) is 0.400. The third-order valence-electron chi connectivity index (χ3n) is 3.31. The third kappa shape index (κ3) is 3.88. The topological polar surface area (TPSA) is 96.7 Å². The highest BCUT2D eigenvalue weighted by atomic mass is 16.1. The highest BCUT2D eigenvalue weighted by molar-refractivity contribution is 5.95. The average Bonchev–Trinajstić information content (AvgIpc) is 2.91. The molecule has 0 radical (unpaired) electrons. The molecule has 6 nitrogen and oxygen atoms in total. The molecule has 1 amide bonds. The first kappa shape index (κ1) is 15.2. The first-order valence-corrected chi connectivity index (χ1v) is 7.11. The van der Waals surface area contributed by atoms with E-state index in [1.165, 1.54) is 0 Å². The van der Waals surface area contributed by atoms with Crippen molar-refractivity contribution in [1.82, 2.24) is 15.2 Å². The van der Waals surface area contributed by atoms with Crippen molar-refractivity contribution in [2.75, 3.05) is 11.9 Å². The molecule has 0 aliphatic rings. The molecule has 0 saturated heterocycles. The summed E-state index contributed by atoms with van der Waals surface area (Å²) in [4.78, 5) is 16.5. The molecular formula is C15H21N5O. The summed E-state index contributed by atoms with van der Waals surface area (Å²) >= 11 is 0. The predicted octanol–water partition coefficient (Wildman–Crippen LogP) is 2.09. The van der Waals surface area contributed by atoms with Gasteiger partial charge in [0, 0.05) is 11.5 Å². The summed E-state index contributed by atoms with van der Waals surface area (Å²) in [6.07, 6.45) is 1.63. The van der Waals surface area contributed by atoms with E-state index in [9.17, 15) is 4.79 Å². The maximum atomic E-state index is 12.2. The number of nitrogens with two attached hydrogens (primary N) is 1. The van der Waals surface area contributed by atoms with Gasteiger partial charge < -0.3 is 11.1 Å². The molecule has 21 heavy (non-hydrogen) atoms. The molecule has 6 heteroatoms. The van der Waals surface area contributed by atoms with Crippen LogP contribution in [0.4, 0.5) is 5.69 Å². The van der Waals surface area contributed by atoms with E-state index in [-0.39, 0.29) is 11.8 Å². The first-order chi connectivity index (χ1) is 10.1. The van der Waals surface area contributed by atoms with Crippen LogP contribution in [-0.2, 0) is 4.79 Å². The van der Waals surface area contributed by atoms with E-state index in [0.29, 0.717) is 12.4 Å². The Morgan fingerprint density at radius 1 is 1.43 bits per heavy atom. The van der Waals surface area contributed by atoms with E-state index in [0.717, 1.165) is 29.9 Å². The molecule has 1 atom stereocenters. The van der Waals surface area contributed by atoms with E-state index >= 15 is 0 Å². The molecule has 0 aliphatic heterocycles. The number of carbonyl (C=O) groups excluding carboxylic acids is 1. The number of aryl methyl sites for hydroxylation is 1. The number of carbonyl (C=O) groups is 1. The third-order valence-corrected chi connectivity index (χ3v) is 3.31. The van der Waals surface area contributed by atoms with Crippen LogP contribution in [0, 0.1) is 12.8 Å². The lowest BCUT2D eigenvalue weighted by Crippen LogP contribution is -2.21. The van der Waals surface area contributed by atoms with Crippen molar-refractivity contribution >= 4 is 11.6 Å². The molecule has 0 fully saturated rings. The number of hydrogen-bond acceptors (Lipinski definition) is 4. The molecule has 1 unspecified atom stereocenters. The Morgan fingerprint density at radius 2 is 2.19 bits per heavy atom. The fourth-order valence-corrected chi connectivity index (χ4v) is 2.06. The van der Waals surface area contributed by atoms with Crippen molar-refractivity contribution in [3.63, 3.8) is 0 Å². The zero-order valence-electron chi connectivity index (χ0n) is 12.4. The van der Waals surface area contributed by atoms with Crippen LogP contribution in [0.2, 0.25) is 0 Å². The number of hydrogen-bond donors (Lipinski definition) is 3. The largest absolute Gasteiger partial charge is 0.330 e. The van der Waals surface area contributed by atoms with Gasteiger partial charge in [-0.25, -0.2) is 4.98 Å². The molecule has 0 saturated carbocycles. The molecule has 2 aromatic rings. The number of benzene rings is 1. The average molecular weight is 287 g/mol. The summed E-state index contributed by atoms with van der Waals surface area (Å²) < 4.78 is 0. The zero-order valence-corrected chi connectivity index (χ0v) is 12.4. The lowest BCUT2D eigenvalue weighted by molar-refractivity contribution is -0.119. The van der Waals surface area contributed by atoms with Gasteiger partial charge in [0.2, 0.25) is 5.91 Å². The van der Waals surface area contributed by atoms with Crippen LogP contribution in [0.25, 0.3) is 11.4 Å². The molecule has 1 aromatic heterocycles. The maximum absolute atomic E-state index is 12.2. The Morgan fingerprint density at radius 3 is 2.86 bits per heavy atom.